The molecule has 2 nitrogen and oxygen atoms in total. The smallest absolute Gasteiger partial charge is 0.435 e. The maximum atomic E-state index is 9.90. The van der Waals surface area contributed by atoms with E-state index in [9.17, 15) is 4.79 Å². The molecule has 0 heterocycles. The molecule has 0 atom stereocenters. The Kier molecular flexibility index (Phi) is 3.42. The molecule has 0 spiro atoms. The highest BCUT2D eigenvalue weighted by molar-refractivity contribution is 7.31. The lowest BCUT2D eigenvalue weighted by molar-refractivity contribution is -0.131. The quantitative estimate of drug-likeness (QED) is 0.416. The van der Waals surface area contributed by atoms with Gasteiger partial charge in [0.05, 0.1) is 0 Å². The van der Waals surface area contributed by atoms with Crippen LogP contribution in [0, 0.1) is 0 Å². The van der Waals surface area contributed by atoms with Gasteiger partial charge in [0.15, 0.2) is 0 Å². The first-order chi connectivity index (χ1) is 3.13. The van der Waals surface area contributed by atoms with Crippen LogP contribution in [0.15, 0.2) is 0 Å². The number of hydrogen-bond acceptors (Lipinski definition) is 2. The zero-order valence-electron chi connectivity index (χ0n) is 3.65. The van der Waals surface area contributed by atoms with E-state index >= 15 is 0 Å². The summed E-state index contributed by atoms with van der Waals surface area (Å²) in [6, 6.07) is 0. The molecule has 0 aromatic carbocycles. The third kappa shape index (κ3) is 6.27. The summed E-state index contributed by atoms with van der Waals surface area (Å²) in [7, 11) is -2.13. The van der Waals surface area contributed by atoms with E-state index in [-0.39, 0.29) is 0 Å². The summed E-state index contributed by atoms with van der Waals surface area (Å²) < 4.78 is 4.28. The van der Waals surface area contributed by atoms with Crippen molar-refractivity contribution in [3.8, 4) is 0 Å². The molecule has 0 fully saturated rings. The van der Waals surface area contributed by atoms with Crippen LogP contribution < -0.4 is 0 Å². The summed E-state index contributed by atoms with van der Waals surface area (Å²) in [5.41, 5.74) is 0. The zero-order chi connectivity index (χ0) is 5.86. The van der Waals surface area contributed by atoms with E-state index in [4.69, 9.17) is 22.2 Å². The molecular formula is C2H4Cl2O2Si. The fourth-order valence-electron chi connectivity index (χ4n) is 0.125. The molecule has 0 aliphatic rings. The van der Waals surface area contributed by atoms with Gasteiger partial charge in [-0.3, -0.25) is 4.79 Å². The summed E-state index contributed by atoms with van der Waals surface area (Å²) in [5, 5.41) is 0. The molecule has 7 heavy (non-hydrogen) atoms. The summed E-state index contributed by atoms with van der Waals surface area (Å²) in [5.74, 6) is -0.415. The Morgan fingerprint density at radius 1 is 1.71 bits per heavy atom. The van der Waals surface area contributed by atoms with Crippen LogP contribution in [-0.4, -0.2) is 13.6 Å². The van der Waals surface area contributed by atoms with Gasteiger partial charge in [-0.15, -0.1) is 22.2 Å². The van der Waals surface area contributed by atoms with Gasteiger partial charge in [-0.1, -0.05) is 0 Å². The van der Waals surface area contributed by atoms with Gasteiger partial charge in [-0.2, -0.15) is 0 Å². The fourth-order valence-corrected chi connectivity index (χ4v) is 1.13. The van der Waals surface area contributed by atoms with E-state index < -0.39 is 13.6 Å². The molecule has 5 heteroatoms. The topological polar surface area (TPSA) is 26.3 Å². The van der Waals surface area contributed by atoms with Gasteiger partial charge in [0, 0.05) is 6.92 Å². The van der Waals surface area contributed by atoms with Crippen molar-refractivity contribution < 1.29 is 9.22 Å². The van der Waals surface area contributed by atoms with Crippen LogP contribution in [0.2, 0.25) is 0 Å². The van der Waals surface area contributed by atoms with Crippen LogP contribution in [0.3, 0.4) is 0 Å². The summed E-state index contributed by atoms with van der Waals surface area (Å²) in [6.07, 6.45) is 0. The van der Waals surface area contributed by atoms with Crippen molar-refractivity contribution in [2.75, 3.05) is 0 Å². The SMILES string of the molecule is CC(=O)O[SiH](Cl)Cl. The van der Waals surface area contributed by atoms with Gasteiger partial charge in [0.25, 0.3) is 5.97 Å². The number of carbonyl (C=O) groups excluding carboxylic acids is 1. The Balaban J connectivity index is 3.13. The number of carbonyl (C=O) groups is 1. The molecule has 0 rings (SSSR count). The maximum Gasteiger partial charge on any atom is 0.435 e. The van der Waals surface area contributed by atoms with Gasteiger partial charge >= 0.3 is 7.66 Å². The molecule has 0 aromatic rings. The van der Waals surface area contributed by atoms with Gasteiger partial charge < -0.3 is 4.43 Å². The van der Waals surface area contributed by atoms with Gasteiger partial charge in [-0.25, -0.2) is 0 Å². The van der Waals surface area contributed by atoms with Crippen LogP contribution in [0.25, 0.3) is 0 Å². The third-order valence-corrected chi connectivity index (χ3v) is 1.30. The van der Waals surface area contributed by atoms with Crippen molar-refractivity contribution in [1.29, 1.82) is 0 Å². The number of halogens is 2. The van der Waals surface area contributed by atoms with E-state index in [1.165, 1.54) is 6.92 Å². The predicted octanol–water partition coefficient (Wildman–Crippen LogP) is 0.744. The molecule has 0 aliphatic carbocycles. The second-order valence-electron chi connectivity index (χ2n) is 0.870. The first-order valence-electron chi connectivity index (χ1n) is 1.58. The Hall–Kier alpha value is 0.267. The Bertz CT molecular complexity index is 74.1. The number of hydrogen-bond donors (Lipinski definition) is 0. The second kappa shape index (κ2) is 3.29. The van der Waals surface area contributed by atoms with Crippen molar-refractivity contribution in [3.63, 3.8) is 0 Å². The minimum Gasteiger partial charge on any atom is -0.494 e. The van der Waals surface area contributed by atoms with E-state index in [2.05, 4.69) is 4.43 Å². The van der Waals surface area contributed by atoms with Crippen molar-refractivity contribution in [2.24, 2.45) is 0 Å². The minimum absolute atomic E-state index is 0.415. The van der Waals surface area contributed by atoms with E-state index in [0.29, 0.717) is 0 Å². The standard InChI is InChI=1S/C2H4Cl2O2Si/c1-2(5)6-7(3)4/h7H,1H3. The van der Waals surface area contributed by atoms with Crippen LogP contribution in [-0.2, 0) is 9.22 Å². The lowest BCUT2D eigenvalue weighted by Crippen LogP contribution is -2.06. The highest BCUT2D eigenvalue weighted by atomic mass is 35.7. The summed E-state index contributed by atoms with van der Waals surface area (Å²) in [6.45, 7) is 1.27. The zero-order valence-corrected chi connectivity index (χ0v) is 6.32. The van der Waals surface area contributed by atoms with Crippen LogP contribution in [0.1, 0.15) is 6.92 Å². The van der Waals surface area contributed by atoms with E-state index in [1.54, 1.807) is 0 Å². The van der Waals surface area contributed by atoms with Crippen molar-refractivity contribution in [3.05, 3.63) is 0 Å². The molecule has 0 bridgehead atoms. The lowest BCUT2D eigenvalue weighted by atomic mass is 10.9. The number of rotatable bonds is 1. The highest BCUT2D eigenvalue weighted by Crippen LogP contribution is 1.96. The predicted molar refractivity (Wildman–Crippen MR) is 30.6 cm³/mol. The molecule has 0 aromatic heterocycles. The lowest BCUT2D eigenvalue weighted by Gasteiger charge is -1.95. The average Bonchev–Trinajstić information content (AvgIpc) is 1.27. The normalized spacial score (nSPS) is 9.14. The van der Waals surface area contributed by atoms with Crippen molar-refractivity contribution in [2.45, 2.75) is 6.92 Å². The summed E-state index contributed by atoms with van der Waals surface area (Å²) in [4.78, 5) is 9.90. The van der Waals surface area contributed by atoms with Crippen molar-refractivity contribution >= 4 is 35.8 Å². The molecule has 0 amide bonds. The largest absolute Gasteiger partial charge is 0.494 e. The molecule has 0 radical (unpaired) electrons. The second-order valence-corrected chi connectivity index (χ2v) is 4.68. The summed E-state index contributed by atoms with van der Waals surface area (Å²) >= 11 is 10.3. The van der Waals surface area contributed by atoms with E-state index in [0.717, 1.165) is 0 Å². The molecule has 0 saturated heterocycles. The first-order valence-corrected chi connectivity index (χ1v) is 5.54. The third-order valence-electron chi connectivity index (χ3n) is 0.255. The van der Waals surface area contributed by atoms with Gasteiger partial charge in [0.1, 0.15) is 0 Å². The molecule has 0 N–H and O–H groups in total. The molecule has 42 valence electrons. The van der Waals surface area contributed by atoms with E-state index in [1.807, 2.05) is 0 Å². The van der Waals surface area contributed by atoms with Crippen molar-refractivity contribution in [1.82, 2.24) is 0 Å². The molecule has 0 aliphatic heterocycles. The van der Waals surface area contributed by atoms with Gasteiger partial charge in [-0.05, 0) is 0 Å². The molecule has 0 unspecified atom stereocenters. The van der Waals surface area contributed by atoms with Crippen LogP contribution in [0.4, 0.5) is 0 Å². The molecular weight excluding hydrogens is 155 g/mol. The first kappa shape index (κ1) is 7.27. The van der Waals surface area contributed by atoms with Crippen LogP contribution >= 0.6 is 22.2 Å². The minimum atomic E-state index is -2.13. The Morgan fingerprint density at radius 2 is 2.14 bits per heavy atom. The Labute approximate surface area is 52.5 Å². The van der Waals surface area contributed by atoms with Gasteiger partial charge in [0.2, 0.25) is 0 Å². The van der Waals surface area contributed by atoms with Crippen LogP contribution in [0.5, 0.6) is 0 Å². The fraction of sp³-hybridized carbons (Fsp3) is 0.500. The Morgan fingerprint density at radius 3 is 2.14 bits per heavy atom. The average molecular weight is 159 g/mol. The highest BCUT2D eigenvalue weighted by Gasteiger charge is 2.03. The molecule has 0 saturated carbocycles. The maximum absolute atomic E-state index is 9.90. The monoisotopic (exact) mass is 158 g/mol.